The fourth-order valence-corrected chi connectivity index (χ4v) is 2.52. The molecular formula is C15H21N5O2. The van der Waals surface area contributed by atoms with Crippen LogP contribution in [0.5, 0.6) is 0 Å². The van der Waals surface area contributed by atoms with E-state index in [4.69, 9.17) is 5.11 Å². The molecule has 1 aliphatic carbocycles. The molecule has 118 valence electrons. The predicted molar refractivity (Wildman–Crippen MR) is 83.3 cm³/mol. The van der Waals surface area contributed by atoms with Gasteiger partial charge in [0.05, 0.1) is 11.9 Å². The summed E-state index contributed by atoms with van der Waals surface area (Å²) in [6.07, 6.45) is 3.41. The first-order chi connectivity index (χ1) is 10.6. The standard InChI is InChI=1S/C15H21N5O2/c1-10(2)19(15(21)22)8-7-16-13-5-6-14-17-9-12(11-3-4-11)20(14)18-13/h5-6,9-11H,3-4,7-8H2,1-2H3,(H,16,18)(H,21,22). The van der Waals surface area contributed by atoms with E-state index >= 15 is 0 Å². The Balaban J connectivity index is 1.66. The lowest BCUT2D eigenvalue weighted by atomic mass is 10.3. The van der Waals surface area contributed by atoms with Gasteiger partial charge in [-0.1, -0.05) is 0 Å². The molecule has 1 fully saturated rings. The van der Waals surface area contributed by atoms with Crippen LogP contribution >= 0.6 is 0 Å². The fourth-order valence-electron chi connectivity index (χ4n) is 2.52. The van der Waals surface area contributed by atoms with Gasteiger partial charge in [-0.2, -0.15) is 0 Å². The van der Waals surface area contributed by atoms with Crippen LogP contribution in [0.25, 0.3) is 5.65 Å². The minimum Gasteiger partial charge on any atom is -0.465 e. The quantitative estimate of drug-likeness (QED) is 0.856. The lowest BCUT2D eigenvalue weighted by molar-refractivity contribution is 0.134. The number of imidazole rings is 1. The highest BCUT2D eigenvalue weighted by Crippen LogP contribution is 2.39. The largest absolute Gasteiger partial charge is 0.465 e. The molecule has 0 spiro atoms. The molecule has 2 aromatic rings. The molecule has 0 aliphatic heterocycles. The highest BCUT2D eigenvalue weighted by molar-refractivity contribution is 5.65. The number of hydrogen-bond acceptors (Lipinski definition) is 4. The third-order valence-electron chi connectivity index (χ3n) is 3.91. The molecule has 0 aromatic carbocycles. The van der Waals surface area contributed by atoms with Crippen LogP contribution in [-0.4, -0.2) is 49.8 Å². The Morgan fingerprint density at radius 2 is 2.27 bits per heavy atom. The van der Waals surface area contributed by atoms with Gasteiger partial charge >= 0.3 is 6.09 Å². The number of rotatable bonds is 6. The molecule has 22 heavy (non-hydrogen) atoms. The highest BCUT2D eigenvalue weighted by atomic mass is 16.4. The van der Waals surface area contributed by atoms with Crippen LogP contribution in [0.3, 0.4) is 0 Å². The van der Waals surface area contributed by atoms with Crippen LogP contribution in [0.2, 0.25) is 0 Å². The van der Waals surface area contributed by atoms with E-state index in [-0.39, 0.29) is 6.04 Å². The first-order valence-electron chi connectivity index (χ1n) is 7.64. The van der Waals surface area contributed by atoms with Crippen molar-refractivity contribution in [1.29, 1.82) is 0 Å². The van der Waals surface area contributed by atoms with Gasteiger partial charge < -0.3 is 15.3 Å². The molecule has 0 bridgehead atoms. The Kier molecular flexibility index (Phi) is 3.87. The molecule has 2 aromatic heterocycles. The lowest BCUT2D eigenvalue weighted by Crippen LogP contribution is -2.39. The second-order valence-electron chi connectivity index (χ2n) is 5.94. The van der Waals surface area contributed by atoms with Crippen molar-refractivity contribution in [3.8, 4) is 0 Å². The predicted octanol–water partition coefficient (Wildman–Crippen LogP) is 2.41. The molecule has 0 saturated heterocycles. The summed E-state index contributed by atoms with van der Waals surface area (Å²) >= 11 is 0. The smallest absolute Gasteiger partial charge is 0.407 e. The highest BCUT2D eigenvalue weighted by Gasteiger charge is 2.27. The van der Waals surface area contributed by atoms with Gasteiger partial charge in [-0.3, -0.25) is 0 Å². The molecule has 1 saturated carbocycles. The van der Waals surface area contributed by atoms with E-state index in [2.05, 4.69) is 15.4 Å². The Morgan fingerprint density at radius 1 is 1.50 bits per heavy atom. The minimum absolute atomic E-state index is 0.0372. The lowest BCUT2D eigenvalue weighted by Gasteiger charge is -2.23. The molecular weight excluding hydrogens is 282 g/mol. The Labute approximate surface area is 129 Å². The summed E-state index contributed by atoms with van der Waals surface area (Å²) in [5.74, 6) is 1.32. The second kappa shape index (κ2) is 5.82. The van der Waals surface area contributed by atoms with Gasteiger partial charge in [0, 0.05) is 25.0 Å². The van der Waals surface area contributed by atoms with E-state index in [0.29, 0.717) is 19.0 Å². The zero-order valence-electron chi connectivity index (χ0n) is 12.9. The average Bonchev–Trinajstić information content (AvgIpc) is 3.22. The third-order valence-corrected chi connectivity index (χ3v) is 3.91. The first kappa shape index (κ1) is 14.6. The number of nitrogens with zero attached hydrogens (tertiary/aromatic N) is 4. The van der Waals surface area contributed by atoms with E-state index < -0.39 is 6.09 Å². The molecule has 1 aliphatic rings. The Hall–Kier alpha value is -2.31. The average molecular weight is 303 g/mol. The second-order valence-corrected chi connectivity index (χ2v) is 5.94. The van der Waals surface area contributed by atoms with Gasteiger partial charge in [0.1, 0.15) is 5.82 Å². The summed E-state index contributed by atoms with van der Waals surface area (Å²) in [5.41, 5.74) is 2.01. The van der Waals surface area contributed by atoms with Crippen molar-refractivity contribution in [3.63, 3.8) is 0 Å². The zero-order chi connectivity index (χ0) is 15.7. The number of fused-ring (bicyclic) bond motifs is 1. The van der Waals surface area contributed by atoms with Crippen LogP contribution < -0.4 is 5.32 Å². The molecule has 0 atom stereocenters. The molecule has 2 heterocycles. The molecule has 0 radical (unpaired) electrons. The van der Waals surface area contributed by atoms with Crippen LogP contribution in [0.15, 0.2) is 18.3 Å². The summed E-state index contributed by atoms with van der Waals surface area (Å²) in [7, 11) is 0. The van der Waals surface area contributed by atoms with Gasteiger partial charge in [0.2, 0.25) is 0 Å². The summed E-state index contributed by atoms with van der Waals surface area (Å²) < 4.78 is 1.89. The van der Waals surface area contributed by atoms with Crippen molar-refractivity contribution in [2.75, 3.05) is 18.4 Å². The SMILES string of the molecule is CC(C)N(CCNc1ccc2ncc(C3CC3)n2n1)C(=O)O. The Morgan fingerprint density at radius 3 is 2.91 bits per heavy atom. The van der Waals surface area contributed by atoms with Crippen molar-refractivity contribution in [2.24, 2.45) is 0 Å². The van der Waals surface area contributed by atoms with E-state index in [1.807, 2.05) is 36.7 Å². The van der Waals surface area contributed by atoms with E-state index in [9.17, 15) is 4.79 Å². The minimum atomic E-state index is -0.897. The van der Waals surface area contributed by atoms with Crippen LogP contribution in [0.1, 0.15) is 38.3 Å². The van der Waals surface area contributed by atoms with Gasteiger partial charge in [0.15, 0.2) is 5.65 Å². The monoisotopic (exact) mass is 303 g/mol. The van der Waals surface area contributed by atoms with Crippen molar-refractivity contribution < 1.29 is 9.90 Å². The van der Waals surface area contributed by atoms with E-state index in [0.717, 1.165) is 17.2 Å². The number of amides is 1. The summed E-state index contributed by atoms with van der Waals surface area (Å²) in [6.45, 7) is 4.68. The van der Waals surface area contributed by atoms with Gasteiger partial charge in [-0.15, -0.1) is 5.10 Å². The summed E-state index contributed by atoms with van der Waals surface area (Å²) in [5, 5.41) is 16.9. The van der Waals surface area contributed by atoms with Gasteiger partial charge in [0.25, 0.3) is 0 Å². The maximum atomic E-state index is 11.1. The summed E-state index contributed by atoms with van der Waals surface area (Å²) in [6, 6.07) is 3.77. The number of aromatic nitrogens is 3. The first-order valence-corrected chi connectivity index (χ1v) is 7.64. The third kappa shape index (κ3) is 2.98. The number of anilines is 1. The van der Waals surface area contributed by atoms with Crippen molar-refractivity contribution in [3.05, 3.63) is 24.0 Å². The van der Waals surface area contributed by atoms with Gasteiger partial charge in [-0.25, -0.2) is 14.3 Å². The van der Waals surface area contributed by atoms with Gasteiger partial charge in [-0.05, 0) is 38.8 Å². The zero-order valence-corrected chi connectivity index (χ0v) is 12.9. The van der Waals surface area contributed by atoms with E-state index in [1.54, 1.807) is 0 Å². The Bertz CT molecular complexity index is 678. The maximum Gasteiger partial charge on any atom is 0.407 e. The molecule has 7 heteroatoms. The van der Waals surface area contributed by atoms with Crippen molar-refractivity contribution >= 4 is 17.6 Å². The van der Waals surface area contributed by atoms with Crippen LogP contribution in [0.4, 0.5) is 10.6 Å². The normalized spacial score (nSPS) is 14.5. The molecule has 0 unspecified atom stereocenters. The van der Waals surface area contributed by atoms with Crippen LogP contribution in [-0.2, 0) is 0 Å². The van der Waals surface area contributed by atoms with Crippen molar-refractivity contribution in [2.45, 2.75) is 38.6 Å². The fraction of sp³-hybridized carbons (Fsp3) is 0.533. The van der Waals surface area contributed by atoms with Crippen molar-refractivity contribution in [1.82, 2.24) is 19.5 Å². The maximum absolute atomic E-state index is 11.1. The molecule has 2 N–H and O–H groups in total. The molecule has 7 nitrogen and oxygen atoms in total. The number of hydrogen-bond donors (Lipinski definition) is 2. The topological polar surface area (TPSA) is 82.8 Å². The number of carboxylic acid groups (broad SMARTS) is 1. The van der Waals surface area contributed by atoms with Crippen LogP contribution in [0, 0.1) is 0 Å². The number of nitrogens with one attached hydrogen (secondary N) is 1. The number of carbonyl (C=O) groups is 1. The van der Waals surface area contributed by atoms with E-state index in [1.165, 1.54) is 17.7 Å². The summed E-state index contributed by atoms with van der Waals surface area (Å²) in [4.78, 5) is 16.9. The molecule has 3 rings (SSSR count). The molecule has 1 amide bonds.